The lowest BCUT2D eigenvalue weighted by Crippen LogP contribution is -2.16. The minimum absolute atomic E-state index is 0.321. The molecule has 0 aromatic heterocycles. The molecule has 0 unspecified atom stereocenters. The molecule has 0 aliphatic heterocycles. The van der Waals surface area contributed by atoms with Gasteiger partial charge in [0.05, 0.1) is 0 Å². The second-order valence-electron chi connectivity index (χ2n) is 7.15. The first-order chi connectivity index (χ1) is 11.3. The highest BCUT2D eigenvalue weighted by Crippen LogP contribution is 2.12. The molecule has 0 amide bonds. The highest BCUT2D eigenvalue weighted by atomic mass is 16.1. The summed E-state index contributed by atoms with van der Waals surface area (Å²) in [7, 11) is 0. The number of hydrogen-bond acceptors (Lipinski definition) is 2. The van der Waals surface area contributed by atoms with Gasteiger partial charge in [0.2, 0.25) is 0 Å². The molecule has 0 aromatic carbocycles. The molecule has 0 spiro atoms. The number of hydrogen-bond donors (Lipinski definition) is 1. The van der Waals surface area contributed by atoms with Gasteiger partial charge < -0.3 is 10.1 Å². The van der Waals surface area contributed by atoms with Gasteiger partial charge in [0.15, 0.2) is 0 Å². The molecule has 0 aliphatic carbocycles. The van der Waals surface area contributed by atoms with Crippen molar-refractivity contribution in [1.82, 2.24) is 5.32 Å². The summed E-state index contributed by atoms with van der Waals surface area (Å²) in [5.74, 6) is 0.321. The van der Waals surface area contributed by atoms with Gasteiger partial charge in [-0.1, -0.05) is 84.0 Å². The summed E-state index contributed by atoms with van der Waals surface area (Å²) in [5, 5.41) is 3.49. The first-order valence-corrected chi connectivity index (χ1v) is 10.5. The largest absolute Gasteiger partial charge is 0.317 e. The highest BCUT2D eigenvalue weighted by Gasteiger charge is 1.95. The van der Waals surface area contributed by atoms with Crippen molar-refractivity contribution in [3.8, 4) is 0 Å². The van der Waals surface area contributed by atoms with Crippen molar-refractivity contribution in [1.29, 1.82) is 0 Å². The van der Waals surface area contributed by atoms with Crippen LogP contribution in [0.4, 0.5) is 0 Å². The van der Waals surface area contributed by atoms with E-state index in [-0.39, 0.29) is 0 Å². The minimum Gasteiger partial charge on any atom is -0.317 e. The van der Waals surface area contributed by atoms with Crippen LogP contribution in [0.3, 0.4) is 0 Å². The van der Waals surface area contributed by atoms with Crippen LogP contribution in [0.15, 0.2) is 0 Å². The van der Waals surface area contributed by atoms with Gasteiger partial charge >= 0.3 is 0 Å². The van der Waals surface area contributed by atoms with Gasteiger partial charge in [0, 0.05) is 6.42 Å². The summed E-state index contributed by atoms with van der Waals surface area (Å²) in [6.45, 7) is 6.19. The summed E-state index contributed by atoms with van der Waals surface area (Å²) in [6, 6.07) is 0. The molecule has 0 heterocycles. The maximum Gasteiger partial charge on any atom is 0.129 e. The Balaban J connectivity index is 2.96. The molecule has 0 rings (SSSR count). The van der Waals surface area contributed by atoms with E-state index in [0.717, 1.165) is 32.4 Å². The number of Topliss-reactive ketones (excluding diaryl/α,β-unsaturated/α-hetero) is 1. The smallest absolute Gasteiger partial charge is 0.129 e. The number of rotatable bonds is 19. The zero-order valence-electron chi connectivity index (χ0n) is 16.1. The lowest BCUT2D eigenvalue weighted by Gasteiger charge is -2.05. The van der Waals surface area contributed by atoms with Gasteiger partial charge in [-0.25, -0.2) is 0 Å². The zero-order chi connectivity index (χ0) is 17.0. The summed E-state index contributed by atoms with van der Waals surface area (Å²) in [6.07, 6.45) is 21.4. The third-order valence-corrected chi connectivity index (χ3v) is 4.59. The average Bonchev–Trinajstić information content (AvgIpc) is 2.53. The van der Waals surface area contributed by atoms with Crippen molar-refractivity contribution in [2.24, 2.45) is 0 Å². The van der Waals surface area contributed by atoms with Crippen LogP contribution < -0.4 is 5.32 Å². The molecule has 23 heavy (non-hydrogen) atoms. The Hall–Kier alpha value is -0.370. The average molecular weight is 326 g/mol. The Morgan fingerprint density at radius 2 is 1.00 bits per heavy atom. The predicted octanol–water partition coefficient (Wildman–Crippen LogP) is 6.43. The van der Waals surface area contributed by atoms with Crippen LogP contribution in [-0.4, -0.2) is 18.9 Å². The number of carbonyl (C=O) groups is 1. The quantitative estimate of drug-likeness (QED) is 0.277. The van der Waals surface area contributed by atoms with Crippen molar-refractivity contribution < 1.29 is 4.79 Å². The molecule has 0 aliphatic rings. The van der Waals surface area contributed by atoms with Gasteiger partial charge in [-0.2, -0.15) is 0 Å². The Morgan fingerprint density at radius 3 is 1.43 bits per heavy atom. The summed E-state index contributed by atoms with van der Waals surface area (Å²) >= 11 is 0. The van der Waals surface area contributed by atoms with E-state index < -0.39 is 0 Å². The third-order valence-electron chi connectivity index (χ3n) is 4.59. The van der Waals surface area contributed by atoms with Crippen molar-refractivity contribution in [2.75, 3.05) is 13.1 Å². The maximum absolute atomic E-state index is 10.8. The molecule has 0 saturated heterocycles. The zero-order valence-corrected chi connectivity index (χ0v) is 16.1. The standard InChI is InChI=1S/C21H43NO/c1-3-4-5-6-7-8-9-10-11-12-13-14-16-19-22-20-17-15-18-21(2)23/h22H,3-20H2,1-2H3. The van der Waals surface area contributed by atoms with E-state index in [4.69, 9.17) is 0 Å². The van der Waals surface area contributed by atoms with E-state index in [1.54, 1.807) is 6.92 Å². The van der Waals surface area contributed by atoms with Gasteiger partial charge in [-0.05, 0) is 39.3 Å². The van der Waals surface area contributed by atoms with Crippen molar-refractivity contribution in [3.05, 3.63) is 0 Å². The molecule has 0 aromatic rings. The van der Waals surface area contributed by atoms with Crippen molar-refractivity contribution in [3.63, 3.8) is 0 Å². The SMILES string of the molecule is CCCCCCCCCCCCCCCNCCCCC(C)=O. The first kappa shape index (κ1) is 22.6. The van der Waals surface area contributed by atoms with Crippen LogP contribution in [0.5, 0.6) is 0 Å². The van der Waals surface area contributed by atoms with E-state index in [0.29, 0.717) is 5.78 Å². The Morgan fingerprint density at radius 1 is 0.609 bits per heavy atom. The third kappa shape index (κ3) is 21.6. The monoisotopic (exact) mass is 325 g/mol. The normalized spacial score (nSPS) is 11.0. The molecule has 1 N–H and O–H groups in total. The fourth-order valence-electron chi connectivity index (χ4n) is 3.02. The molecular formula is C21H43NO. The van der Waals surface area contributed by atoms with Crippen LogP contribution in [0.1, 0.15) is 117 Å². The molecule has 2 nitrogen and oxygen atoms in total. The van der Waals surface area contributed by atoms with Crippen LogP contribution in [0.2, 0.25) is 0 Å². The van der Waals surface area contributed by atoms with Crippen LogP contribution in [-0.2, 0) is 4.79 Å². The molecule has 0 radical (unpaired) electrons. The Bertz CT molecular complexity index is 240. The fraction of sp³-hybridized carbons (Fsp3) is 0.952. The van der Waals surface area contributed by atoms with E-state index in [2.05, 4.69) is 12.2 Å². The number of nitrogens with one attached hydrogen (secondary N) is 1. The van der Waals surface area contributed by atoms with Crippen LogP contribution in [0, 0.1) is 0 Å². The maximum atomic E-state index is 10.8. The predicted molar refractivity (Wildman–Crippen MR) is 103 cm³/mol. The number of ketones is 1. The fourth-order valence-corrected chi connectivity index (χ4v) is 3.02. The van der Waals surface area contributed by atoms with E-state index in [1.807, 2.05) is 0 Å². The van der Waals surface area contributed by atoms with Crippen molar-refractivity contribution >= 4 is 5.78 Å². The van der Waals surface area contributed by atoms with E-state index in [1.165, 1.54) is 83.5 Å². The molecule has 0 bridgehead atoms. The summed E-state index contributed by atoms with van der Waals surface area (Å²) < 4.78 is 0. The molecule has 138 valence electrons. The summed E-state index contributed by atoms with van der Waals surface area (Å²) in [5.41, 5.74) is 0. The van der Waals surface area contributed by atoms with E-state index in [9.17, 15) is 4.79 Å². The first-order valence-electron chi connectivity index (χ1n) is 10.5. The van der Waals surface area contributed by atoms with Gasteiger partial charge in [-0.15, -0.1) is 0 Å². The number of unbranched alkanes of at least 4 members (excludes halogenated alkanes) is 13. The molecule has 0 atom stereocenters. The number of carbonyl (C=O) groups excluding carboxylic acids is 1. The van der Waals surface area contributed by atoms with Crippen molar-refractivity contribution in [2.45, 2.75) is 117 Å². The van der Waals surface area contributed by atoms with E-state index >= 15 is 0 Å². The lowest BCUT2D eigenvalue weighted by molar-refractivity contribution is -0.117. The molecule has 2 heteroatoms. The molecule has 0 saturated carbocycles. The lowest BCUT2D eigenvalue weighted by atomic mass is 10.0. The van der Waals surface area contributed by atoms with Gasteiger partial charge in [0.25, 0.3) is 0 Å². The second-order valence-corrected chi connectivity index (χ2v) is 7.15. The Labute approximate surface area is 146 Å². The molecule has 0 fully saturated rings. The second kappa shape index (κ2) is 19.7. The van der Waals surface area contributed by atoms with Gasteiger partial charge in [0.1, 0.15) is 5.78 Å². The van der Waals surface area contributed by atoms with Gasteiger partial charge in [-0.3, -0.25) is 0 Å². The van der Waals surface area contributed by atoms with Crippen LogP contribution >= 0.6 is 0 Å². The Kier molecular flexibility index (Phi) is 19.4. The summed E-state index contributed by atoms with van der Waals surface area (Å²) in [4.78, 5) is 10.8. The van der Waals surface area contributed by atoms with Crippen LogP contribution in [0.25, 0.3) is 0 Å². The minimum atomic E-state index is 0.321. The highest BCUT2D eigenvalue weighted by molar-refractivity contribution is 5.75. The topological polar surface area (TPSA) is 29.1 Å². The molecular weight excluding hydrogens is 282 g/mol.